The van der Waals surface area contributed by atoms with Crippen LogP contribution in [0.3, 0.4) is 0 Å². The molecule has 66 heavy (non-hydrogen) atoms. The zero-order valence-electron chi connectivity index (χ0n) is 41.1. The third-order valence-corrected chi connectivity index (χ3v) is 12.6. The molecule has 4 amide bonds. The van der Waals surface area contributed by atoms with Gasteiger partial charge >= 0.3 is 6.16 Å². The molecule has 0 aromatic heterocycles. The number of likely N-dealkylation sites (N-methyl/N-ethyl adjacent to an activating group) is 2. The van der Waals surface area contributed by atoms with Crippen molar-refractivity contribution < 1.29 is 52.6 Å². The van der Waals surface area contributed by atoms with Crippen LogP contribution >= 0.6 is 0 Å². The number of carbonyl (C=O) groups is 6. The number of hydrogen-bond acceptors (Lipinski definition) is 13. The molecule has 1 aliphatic heterocycles. The van der Waals surface area contributed by atoms with E-state index in [0.717, 1.165) is 11.1 Å². The Kier molecular flexibility index (Phi) is 20.7. The number of nitrogens with one attached hydrogen (secondary N) is 2. The molecule has 1 saturated heterocycles. The fourth-order valence-electron chi connectivity index (χ4n) is 8.92. The second-order valence-corrected chi connectivity index (χ2v) is 18.3. The van der Waals surface area contributed by atoms with Crippen LogP contribution < -0.4 is 15.4 Å². The number of nitro groups is 1. The SMILES string of the molecule is CC[C@H](C)[C@@H]([C@@H](CC(=O)N1C[C@@H](OC(=O)Oc2ccc([N+](=O)[O-])cc2)C[C@H]1[C@H](OC)[C@@H](C)C(=O)NCC(=O)c1ccc(C)cc1C)OC)N(C)C(=O)[C@@H](NC(=O)[C@H](C(C)C)N(C)C)C(C)C. The largest absolute Gasteiger partial charge is 0.514 e. The van der Waals surface area contributed by atoms with Crippen LogP contribution in [-0.4, -0.2) is 146 Å². The van der Waals surface area contributed by atoms with Crippen molar-refractivity contribution in [3.63, 3.8) is 0 Å². The Hall–Kier alpha value is -5.46. The van der Waals surface area contributed by atoms with Crippen molar-refractivity contribution in [3.8, 4) is 5.75 Å². The number of ether oxygens (including phenoxy) is 4. The Bertz CT molecular complexity index is 2000. The molecular formula is C48H72N6O12. The van der Waals surface area contributed by atoms with Crippen LogP contribution in [0, 0.1) is 47.6 Å². The molecule has 3 rings (SSSR count). The van der Waals surface area contributed by atoms with Gasteiger partial charge in [-0.2, -0.15) is 0 Å². The molecule has 2 N–H and O–H groups in total. The third kappa shape index (κ3) is 14.3. The molecule has 1 fully saturated rings. The van der Waals surface area contributed by atoms with Crippen molar-refractivity contribution in [2.24, 2.45) is 23.7 Å². The predicted molar refractivity (Wildman–Crippen MR) is 248 cm³/mol. The topological polar surface area (TPSA) is 216 Å². The van der Waals surface area contributed by atoms with Gasteiger partial charge in [0, 0.05) is 45.4 Å². The fraction of sp³-hybridized carbons (Fsp3) is 0.625. The van der Waals surface area contributed by atoms with Gasteiger partial charge in [-0.1, -0.05) is 78.6 Å². The molecule has 9 atom stereocenters. The number of hydrogen-bond donors (Lipinski definition) is 2. The number of nitrogens with zero attached hydrogens (tertiary/aromatic N) is 4. The van der Waals surface area contributed by atoms with Gasteiger partial charge < -0.3 is 39.4 Å². The Morgan fingerprint density at radius 2 is 1.53 bits per heavy atom. The number of amides is 4. The molecule has 18 nitrogen and oxygen atoms in total. The van der Waals surface area contributed by atoms with Crippen molar-refractivity contribution in [1.82, 2.24) is 25.3 Å². The number of aryl methyl sites for hydroxylation is 2. The quantitative estimate of drug-likeness (QED) is 0.0473. The summed E-state index contributed by atoms with van der Waals surface area (Å²) in [5.41, 5.74) is 2.06. The molecule has 0 aliphatic carbocycles. The maximum absolute atomic E-state index is 14.7. The minimum atomic E-state index is -1.12. The lowest BCUT2D eigenvalue weighted by atomic mass is 9.89. The van der Waals surface area contributed by atoms with E-state index in [9.17, 15) is 38.9 Å². The standard InChI is InChI=1S/C48H72N6O12/c1-15-30(7)43(52(12)47(59)41(27(2)3)50-46(58)42(28(4)5)51(10)11)39(63-13)24-40(56)53-26-35(66-48(60)65-34-19-17-33(18-20-34)54(61)62)23-37(53)44(64-14)32(9)45(57)49-25-38(55)36-21-16-29(6)22-31(36)8/h16-22,27-28,30,32,35,37,39,41-44H,15,23-26H2,1-14H3,(H,49,57)(H,50,58)/t30-,32+,35-,37-,39+,41-,42-,43-,44+/m0/s1. The normalized spacial score (nSPS) is 18.2. The molecule has 0 radical (unpaired) electrons. The number of rotatable bonds is 23. The lowest BCUT2D eigenvalue weighted by Gasteiger charge is -2.41. The van der Waals surface area contributed by atoms with E-state index < -0.39 is 71.3 Å². The van der Waals surface area contributed by atoms with E-state index in [1.165, 1.54) is 43.4 Å². The average Bonchev–Trinajstić information content (AvgIpc) is 3.66. The van der Waals surface area contributed by atoms with Gasteiger partial charge in [0.25, 0.3) is 5.69 Å². The summed E-state index contributed by atoms with van der Waals surface area (Å²) < 4.78 is 23.0. The van der Waals surface area contributed by atoms with Gasteiger partial charge in [-0.3, -0.25) is 39.0 Å². The molecular weight excluding hydrogens is 853 g/mol. The smallest absolute Gasteiger partial charge is 0.429 e. The first kappa shape index (κ1) is 54.9. The van der Waals surface area contributed by atoms with Crippen LogP contribution in [0.4, 0.5) is 10.5 Å². The molecule has 366 valence electrons. The van der Waals surface area contributed by atoms with E-state index in [1.54, 1.807) is 24.9 Å². The second-order valence-electron chi connectivity index (χ2n) is 18.3. The van der Waals surface area contributed by atoms with Crippen LogP contribution in [0.25, 0.3) is 0 Å². The Labute approximate surface area is 389 Å². The van der Waals surface area contributed by atoms with Crippen molar-refractivity contribution in [2.45, 2.75) is 124 Å². The third-order valence-electron chi connectivity index (χ3n) is 12.6. The number of nitro benzene ring substituents is 1. The first-order valence-corrected chi connectivity index (χ1v) is 22.6. The molecule has 0 saturated carbocycles. The highest BCUT2D eigenvalue weighted by molar-refractivity contribution is 6.00. The summed E-state index contributed by atoms with van der Waals surface area (Å²) in [7, 11) is 8.14. The summed E-state index contributed by atoms with van der Waals surface area (Å²) in [6.07, 6.45) is -3.43. The first-order chi connectivity index (χ1) is 31.0. The zero-order valence-corrected chi connectivity index (χ0v) is 41.1. The van der Waals surface area contributed by atoms with Crippen LogP contribution in [0.1, 0.15) is 89.2 Å². The number of carbonyl (C=O) groups excluding carboxylic acids is 6. The monoisotopic (exact) mass is 925 g/mol. The Morgan fingerprint density at radius 3 is 2.05 bits per heavy atom. The molecule has 2 aromatic rings. The van der Waals surface area contributed by atoms with Gasteiger partial charge in [0.1, 0.15) is 17.9 Å². The van der Waals surface area contributed by atoms with Crippen molar-refractivity contribution in [3.05, 3.63) is 69.3 Å². The molecule has 0 spiro atoms. The average molecular weight is 925 g/mol. The van der Waals surface area contributed by atoms with Gasteiger partial charge in [0.2, 0.25) is 23.6 Å². The van der Waals surface area contributed by atoms with Gasteiger partial charge in [-0.25, -0.2) is 4.79 Å². The summed E-state index contributed by atoms with van der Waals surface area (Å²) in [5, 5.41) is 16.8. The van der Waals surface area contributed by atoms with E-state index in [0.29, 0.717) is 12.0 Å². The molecule has 0 unspecified atom stereocenters. The van der Waals surface area contributed by atoms with Crippen LogP contribution in [-0.2, 0) is 33.4 Å². The van der Waals surface area contributed by atoms with Gasteiger partial charge in [0.05, 0.1) is 60.7 Å². The Balaban J connectivity index is 1.93. The van der Waals surface area contributed by atoms with Crippen molar-refractivity contribution in [2.75, 3.05) is 48.5 Å². The maximum atomic E-state index is 14.7. The summed E-state index contributed by atoms with van der Waals surface area (Å²) in [5.74, 6) is -3.21. The minimum Gasteiger partial charge on any atom is -0.429 e. The summed E-state index contributed by atoms with van der Waals surface area (Å²) in [4.78, 5) is 98.1. The predicted octanol–water partition coefficient (Wildman–Crippen LogP) is 5.35. The number of methoxy groups -OCH3 is 2. The number of benzene rings is 2. The van der Waals surface area contributed by atoms with E-state index in [1.807, 2.05) is 86.5 Å². The van der Waals surface area contributed by atoms with Gasteiger partial charge in [-0.15, -0.1) is 0 Å². The zero-order chi connectivity index (χ0) is 49.7. The highest BCUT2D eigenvalue weighted by Crippen LogP contribution is 2.32. The Morgan fingerprint density at radius 1 is 0.894 bits per heavy atom. The van der Waals surface area contributed by atoms with Gasteiger partial charge in [-0.05, 0) is 63.4 Å². The summed E-state index contributed by atoms with van der Waals surface area (Å²) in [6.45, 7) is 16.5. The molecule has 2 aromatic carbocycles. The molecule has 1 heterocycles. The fourth-order valence-corrected chi connectivity index (χ4v) is 8.92. The van der Waals surface area contributed by atoms with Crippen molar-refractivity contribution >= 4 is 41.3 Å². The van der Waals surface area contributed by atoms with Crippen LogP contribution in [0.15, 0.2) is 42.5 Å². The van der Waals surface area contributed by atoms with E-state index in [-0.39, 0.29) is 72.7 Å². The highest BCUT2D eigenvalue weighted by Gasteiger charge is 2.47. The van der Waals surface area contributed by atoms with Crippen LogP contribution in [0.2, 0.25) is 0 Å². The summed E-state index contributed by atoms with van der Waals surface area (Å²) in [6, 6.07) is 7.47. The molecule has 0 bridgehead atoms. The molecule has 18 heteroatoms. The number of likely N-dealkylation sites (tertiary alicyclic amines) is 1. The van der Waals surface area contributed by atoms with Crippen molar-refractivity contribution in [1.29, 1.82) is 0 Å². The minimum absolute atomic E-state index is 0.00193. The molecule has 1 aliphatic rings. The van der Waals surface area contributed by atoms with E-state index in [2.05, 4.69) is 10.6 Å². The van der Waals surface area contributed by atoms with E-state index >= 15 is 0 Å². The summed E-state index contributed by atoms with van der Waals surface area (Å²) >= 11 is 0. The van der Waals surface area contributed by atoms with Crippen LogP contribution in [0.5, 0.6) is 5.75 Å². The first-order valence-electron chi connectivity index (χ1n) is 22.6. The number of non-ortho nitro benzene ring substituents is 1. The number of Topliss-reactive ketones (excluding diaryl/α,β-unsaturated/α-hetero) is 1. The number of ketones is 1. The van der Waals surface area contributed by atoms with Gasteiger partial charge in [0.15, 0.2) is 5.78 Å². The maximum Gasteiger partial charge on any atom is 0.514 e. The second kappa shape index (κ2) is 24.9. The lowest BCUT2D eigenvalue weighted by molar-refractivity contribution is -0.384. The lowest BCUT2D eigenvalue weighted by Crippen LogP contribution is -2.59. The van der Waals surface area contributed by atoms with E-state index in [4.69, 9.17) is 18.9 Å². The highest BCUT2D eigenvalue weighted by atomic mass is 16.7.